The van der Waals surface area contributed by atoms with Crippen LogP contribution in [0.2, 0.25) is 0 Å². The van der Waals surface area contributed by atoms with Crippen molar-refractivity contribution in [3.63, 3.8) is 0 Å². The molecule has 0 saturated carbocycles. The molecular formula is C30H30NO. The fourth-order valence-corrected chi connectivity index (χ4v) is 4.15. The first-order chi connectivity index (χ1) is 15.9. The molecule has 1 aromatic heterocycles. The van der Waals surface area contributed by atoms with Gasteiger partial charge in [-0.1, -0.05) is 78.9 Å². The van der Waals surface area contributed by atoms with Crippen molar-refractivity contribution < 1.29 is 4.74 Å². The second-order valence-corrected chi connectivity index (χ2v) is 8.21. The highest BCUT2D eigenvalue weighted by Gasteiger charge is 2.13. The Kier molecular flexibility index (Phi) is 8.09. The zero-order chi connectivity index (χ0) is 21.8. The van der Waals surface area contributed by atoms with Crippen molar-refractivity contribution in [2.75, 3.05) is 0 Å². The van der Waals surface area contributed by atoms with Gasteiger partial charge in [0.1, 0.15) is 12.4 Å². The lowest BCUT2D eigenvalue weighted by molar-refractivity contribution is 0.302. The third-order valence-electron chi connectivity index (χ3n) is 5.92. The summed E-state index contributed by atoms with van der Waals surface area (Å²) in [5.74, 6) is 1.47. The molecular weight excluding hydrogens is 390 g/mol. The molecule has 0 aliphatic rings. The first-order valence-corrected chi connectivity index (χ1v) is 11.5. The first-order valence-electron chi connectivity index (χ1n) is 11.5. The number of benzene rings is 3. The number of aryl methyl sites for hydroxylation is 2. The Bertz CT molecular complexity index is 1050. The van der Waals surface area contributed by atoms with Crippen molar-refractivity contribution in [3.05, 3.63) is 132 Å². The van der Waals surface area contributed by atoms with E-state index in [1.807, 2.05) is 48.8 Å². The van der Waals surface area contributed by atoms with Crippen LogP contribution >= 0.6 is 0 Å². The molecule has 4 aromatic rings. The molecule has 0 saturated heterocycles. The summed E-state index contributed by atoms with van der Waals surface area (Å²) in [6.07, 6.45) is 9.31. The van der Waals surface area contributed by atoms with Gasteiger partial charge < -0.3 is 4.74 Å². The van der Waals surface area contributed by atoms with Gasteiger partial charge in [-0.3, -0.25) is 4.98 Å². The van der Waals surface area contributed by atoms with Gasteiger partial charge in [-0.15, -0.1) is 0 Å². The summed E-state index contributed by atoms with van der Waals surface area (Å²) in [7, 11) is 0. The average molecular weight is 421 g/mol. The van der Waals surface area contributed by atoms with E-state index in [0.717, 1.165) is 37.9 Å². The lowest BCUT2D eigenvalue weighted by Gasteiger charge is -2.19. The predicted molar refractivity (Wildman–Crippen MR) is 131 cm³/mol. The van der Waals surface area contributed by atoms with Gasteiger partial charge in [0, 0.05) is 12.4 Å². The Labute approximate surface area is 191 Å². The highest BCUT2D eigenvalue weighted by atomic mass is 16.5. The quantitative estimate of drug-likeness (QED) is 0.256. The van der Waals surface area contributed by atoms with Crippen molar-refractivity contribution in [1.29, 1.82) is 0 Å². The maximum Gasteiger partial charge on any atom is 0.123 e. The van der Waals surface area contributed by atoms with Gasteiger partial charge >= 0.3 is 0 Å². The highest BCUT2D eigenvalue weighted by Crippen LogP contribution is 2.30. The van der Waals surface area contributed by atoms with E-state index in [2.05, 4.69) is 65.6 Å². The van der Waals surface area contributed by atoms with E-state index >= 15 is 0 Å². The van der Waals surface area contributed by atoms with Crippen molar-refractivity contribution >= 4 is 0 Å². The Hall–Kier alpha value is -3.39. The van der Waals surface area contributed by atoms with E-state index in [0.29, 0.717) is 12.5 Å². The smallest absolute Gasteiger partial charge is 0.123 e. The molecule has 1 radical (unpaired) electrons. The number of ether oxygens (including phenoxy) is 1. The summed E-state index contributed by atoms with van der Waals surface area (Å²) >= 11 is 0. The van der Waals surface area contributed by atoms with Crippen LogP contribution in [0.5, 0.6) is 5.75 Å². The van der Waals surface area contributed by atoms with Crippen LogP contribution in [-0.2, 0) is 19.4 Å². The maximum atomic E-state index is 6.16. The van der Waals surface area contributed by atoms with Crippen LogP contribution in [0.4, 0.5) is 0 Å². The summed E-state index contributed by atoms with van der Waals surface area (Å²) in [6, 6.07) is 34.7. The van der Waals surface area contributed by atoms with Crippen LogP contribution < -0.4 is 4.74 Å². The van der Waals surface area contributed by atoms with E-state index in [-0.39, 0.29) is 0 Å². The molecule has 32 heavy (non-hydrogen) atoms. The minimum atomic E-state index is 0.527. The number of hydrogen-bond acceptors (Lipinski definition) is 2. The van der Waals surface area contributed by atoms with Crippen LogP contribution in [-0.4, -0.2) is 4.98 Å². The van der Waals surface area contributed by atoms with Crippen molar-refractivity contribution in [3.8, 4) is 5.75 Å². The summed E-state index contributed by atoms with van der Waals surface area (Å²) in [5.41, 5.74) is 5.18. The lowest BCUT2D eigenvalue weighted by Crippen LogP contribution is -2.04. The van der Waals surface area contributed by atoms with Crippen LogP contribution in [0.25, 0.3) is 0 Å². The van der Waals surface area contributed by atoms with E-state index in [9.17, 15) is 0 Å². The number of rotatable bonds is 11. The van der Waals surface area contributed by atoms with Gasteiger partial charge in [0.2, 0.25) is 0 Å². The third-order valence-corrected chi connectivity index (χ3v) is 5.92. The van der Waals surface area contributed by atoms with Crippen molar-refractivity contribution in [2.45, 2.75) is 44.6 Å². The Morgan fingerprint density at radius 3 is 2.34 bits per heavy atom. The van der Waals surface area contributed by atoms with Crippen LogP contribution in [0, 0.1) is 6.07 Å². The molecule has 0 aliphatic carbocycles. The molecule has 0 N–H and O–H groups in total. The Morgan fingerprint density at radius 2 is 1.56 bits per heavy atom. The fourth-order valence-electron chi connectivity index (χ4n) is 4.15. The molecule has 1 atom stereocenters. The summed E-state index contributed by atoms with van der Waals surface area (Å²) in [5, 5.41) is 0. The normalized spacial score (nSPS) is 11.8. The number of aromatic nitrogens is 1. The molecule has 1 heterocycles. The van der Waals surface area contributed by atoms with Gasteiger partial charge in [-0.2, -0.15) is 0 Å². The van der Waals surface area contributed by atoms with Gasteiger partial charge in [-0.25, -0.2) is 0 Å². The standard InChI is InChI=1S/C30H30NO/c1-3-11-26(12-4-1)24-32-30-19-8-7-17-29(30)21-20-28(27-15-5-2-6-16-27)18-9-13-25-14-10-22-31-23-25/h1-7,10-12,14-17,19,22-23,28H,9,13,18,20-21,24H2. The molecule has 0 amide bonds. The third kappa shape index (κ3) is 6.55. The van der Waals surface area contributed by atoms with Crippen LogP contribution in [0.15, 0.2) is 103 Å². The van der Waals surface area contributed by atoms with Crippen molar-refractivity contribution in [1.82, 2.24) is 4.98 Å². The van der Waals surface area contributed by atoms with Gasteiger partial charge in [0.25, 0.3) is 0 Å². The van der Waals surface area contributed by atoms with Gasteiger partial charge in [-0.05, 0) is 78.5 Å². The summed E-state index contributed by atoms with van der Waals surface area (Å²) in [6.45, 7) is 0.582. The monoisotopic (exact) mass is 420 g/mol. The summed E-state index contributed by atoms with van der Waals surface area (Å²) in [4.78, 5) is 4.25. The van der Waals surface area contributed by atoms with E-state index in [1.54, 1.807) is 0 Å². The molecule has 3 aromatic carbocycles. The molecule has 0 spiro atoms. The maximum absolute atomic E-state index is 6.16. The molecule has 161 valence electrons. The molecule has 4 rings (SSSR count). The largest absolute Gasteiger partial charge is 0.489 e. The first kappa shape index (κ1) is 21.8. The average Bonchev–Trinajstić information content (AvgIpc) is 2.87. The molecule has 0 bridgehead atoms. The van der Waals surface area contributed by atoms with E-state index in [1.165, 1.54) is 22.3 Å². The number of nitrogens with zero attached hydrogens (tertiary/aromatic N) is 1. The molecule has 2 nitrogen and oxygen atoms in total. The summed E-state index contributed by atoms with van der Waals surface area (Å²) < 4.78 is 6.16. The Balaban J connectivity index is 1.39. The molecule has 2 heteroatoms. The minimum absolute atomic E-state index is 0.527. The van der Waals surface area contributed by atoms with Crippen LogP contribution in [0.1, 0.15) is 47.4 Å². The van der Waals surface area contributed by atoms with Crippen LogP contribution in [0.3, 0.4) is 0 Å². The van der Waals surface area contributed by atoms with Gasteiger partial charge in [0.05, 0.1) is 0 Å². The Morgan fingerprint density at radius 1 is 0.781 bits per heavy atom. The second kappa shape index (κ2) is 11.9. The van der Waals surface area contributed by atoms with Gasteiger partial charge in [0.15, 0.2) is 0 Å². The topological polar surface area (TPSA) is 22.1 Å². The highest BCUT2D eigenvalue weighted by molar-refractivity contribution is 5.34. The molecule has 1 unspecified atom stereocenters. The molecule has 0 aliphatic heterocycles. The lowest BCUT2D eigenvalue weighted by atomic mass is 9.87. The van der Waals surface area contributed by atoms with E-state index < -0.39 is 0 Å². The zero-order valence-corrected chi connectivity index (χ0v) is 18.5. The number of hydrogen-bond donors (Lipinski definition) is 0. The SMILES string of the molecule is [c]1ccc(CCC(CCCc2cccnc2)c2ccccc2)c(OCc2ccccc2)c1. The van der Waals surface area contributed by atoms with Crippen molar-refractivity contribution in [2.24, 2.45) is 0 Å². The molecule has 0 fully saturated rings. The van der Waals surface area contributed by atoms with E-state index in [4.69, 9.17) is 4.74 Å². The minimum Gasteiger partial charge on any atom is -0.489 e. The fraction of sp³-hybridized carbons (Fsp3) is 0.233. The second-order valence-electron chi connectivity index (χ2n) is 8.21. The predicted octanol–water partition coefficient (Wildman–Crippen LogP) is 7.20. The zero-order valence-electron chi connectivity index (χ0n) is 18.5. The number of pyridine rings is 1.